The first kappa shape index (κ1) is 17.2. The highest BCUT2D eigenvalue weighted by Crippen LogP contribution is 2.28. The molecule has 0 atom stereocenters. The first-order valence-electron chi connectivity index (χ1n) is 8.64. The second-order valence-corrected chi connectivity index (χ2v) is 6.15. The van der Waals surface area contributed by atoms with Gasteiger partial charge in [0.1, 0.15) is 11.6 Å². The summed E-state index contributed by atoms with van der Waals surface area (Å²) in [4.78, 5) is 16.2. The Labute approximate surface area is 146 Å². The van der Waals surface area contributed by atoms with Gasteiger partial charge in [-0.15, -0.1) is 0 Å². The molecule has 0 aliphatic heterocycles. The van der Waals surface area contributed by atoms with Crippen LogP contribution in [0.4, 0.5) is 4.39 Å². The molecule has 0 saturated heterocycles. The van der Waals surface area contributed by atoms with Gasteiger partial charge in [0, 0.05) is 11.3 Å². The second-order valence-electron chi connectivity index (χ2n) is 6.15. The Balaban J connectivity index is 2.24. The molecule has 0 saturated carbocycles. The van der Waals surface area contributed by atoms with E-state index < -0.39 is 5.82 Å². The number of rotatable bonds is 5. The minimum Gasteiger partial charge on any atom is -0.491 e. The topological polar surface area (TPSA) is 42.1 Å². The van der Waals surface area contributed by atoms with E-state index in [2.05, 4.69) is 11.9 Å². The predicted molar refractivity (Wildman–Crippen MR) is 99.9 cm³/mol. The minimum atomic E-state index is -0.536. The lowest BCUT2D eigenvalue weighted by atomic mass is 9.99. The fraction of sp³-hybridized carbons (Fsp3) is 0.286. The summed E-state index contributed by atoms with van der Waals surface area (Å²) in [5.74, 6) is -0.0298. The molecule has 0 fully saturated rings. The van der Waals surface area contributed by atoms with Gasteiger partial charge in [-0.3, -0.25) is 4.79 Å². The number of aromatic nitrogens is 1. The van der Waals surface area contributed by atoms with Crippen molar-refractivity contribution in [3.05, 3.63) is 63.7 Å². The summed E-state index contributed by atoms with van der Waals surface area (Å²) in [7, 11) is 0. The first-order chi connectivity index (χ1) is 12.1. The number of benzene rings is 2. The van der Waals surface area contributed by atoms with Crippen molar-refractivity contribution in [2.24, 2.45) is 0 Å². The maximum Gasteiger partial charge on any atom is 0.200 e. The number of hydrogen-bond donors (Lipinski definition) is 1. The van der Waals surface area contributed by atoms with E-state index in [0.29, 0.717) is 29.1 Å². The van der Waals surface area contributed by atoms with Gasteiger partial charge in [-0.25, -0.2) is 4.39 Å². The van der Waals surface area contributed by atoms with Crippen LogP contribution in [0.25, 0.3) is 22.0 Å². The molecular formula is C21H22FNO2. The van der Waals surface area contributed by atoms with Gasteiger partial charge in [0.15, 0.2) is 0 Å². The van der Waals surface area contributed by atoms with Crippen molar-refractivity contribution in [3.63, 3.8) is 0 Å². The van der Waals surface area contributed by atoms with Crippen LogP contribution in [0.2, 0.25) is 0 Å². The number of pyridine rings is 1. The molecule has 130 valence electrons. The smallest absolute Gasteiger partial charge is 0.200 e. The molecule has 4 heteroatoms. The predicted octanol–water partition coefficient (Wildman–Crippen LogP) is 4.99. The third-order valence-electron chi connectivity index (χ3n) is 4.37. The molecule has 0 aliphatic rings. The van der Waals surface area contributed by atoms with Gasteiger partial charge in [0.05, 0.1) is 17.5 Å². The van der Waals surface area contributed by atoms with E-state index >= 15 is 0 Å². The van der Waals surface area contributed by atoms with Crippen molar-refractivity contribution in [1.29, 1.82) is 0 Å². The summed E-state index contributed by atoms with van der Waals surface area (Å²) in [5.41, 5.74) is 3.30. The Morgan fingerprint density at radius 1 is 1.08 bits per heavy atom. The van der Waals surface area contributed by atoms with Gasteiger partial charge < -0.3 is 9.72 Å². The molecule has 0 bridgehead atoms. The maximum absolute atomic E-state index is 14.4. The number of H-pyrrole nitrogens is 1. The van der Waals surface area contributed by atoms with Gasteiger partial charge >= 0.3 is 0 Å². The molecule has 25 heavy (non-hydrogen) atoms. The van der Waals surface area contributed by atoms with Crippen LogP contribution < -0.4 is 10.2 Å². The minimum absolute atomic E-state index is 0.0498. The highest BCUT2D eigenvalue weighted by molar-refractivity contribution is 5.89. The summed E-state index contributed by atoms with van der Waals surface area (Å²) in [5, 5.41) is 0.0498. The number of halogens is 1. The molecule has 0 unspecified atom stereocenters. The summed E-state index contributed by atoms with van der Waals surface area (Å²) in [6, 6.07) is 10.7. The molecule has 0 amide bonds. The maximum atomic E-state index is 14.4. The molecular weight excluding hydrogens is 317 g/mol. The first-order valence-corrected chi connectivity index (χ1v) is 8.64. The zero-order valence-electron chi connectivity index (χ0n) is 14.8. The average Bonchev–Trinajstić information content (AvgIpc) is 2.61. The van der Waals surface area contributed by atoms with E-state index in [1.54, 1.807) is 6.07 Å². The lowest BCUT2D eigenvalue weighted by Gasteiger charge is -2.13. The van der Waals surface area contributed by atoms with Gasteiger partial charge in [0.2, 0.25) is 5.43 Å². The third-order valence-corrected chi connectivity index (χ3v) is 4.37. The van der Waals surface area contributed by atoms with Crippen LogP contribution in [-0.4, -0.2) is 11.6 Å². The summed E-state index contributed by atoms with van der Waals surface area (Å²) in [6.45, 7) is 6.43. The summed E-state index contributed by atoms with van der Waals surface area (Å²) < 4.78 is 20.1. The van der Waals surface area contributed by atoms with Gasteiger partial charge in [-0.1, -0.05) is 38.1 Å². The van der Waals surface area contributed by atoms with Gasteiger partial charge in [-0.2, -0.15) is 0 Å². The lowest BCUT2D eigenvalue weighted by Crippen LogP contribution is -2.12. The molecule has 0 radical (unpaired) electrons. The number of aromatic amines is 1. The number of hydrogen-bond acceptors (Lipinski definition) is 2. The number of nitrogens with one attached hydrogen (secondary N) is 1. The van der Waals surface area contributed by atoms with Crippen molar-refractivity contribution >= 4 is 10.9 Å². The quantitative estimate of drug-likeness (QED) is 0.711. The van der Waals surface area contributed by atoms with E-state index in [1.807, 2.05) is 38.1 Å². The Kier molecular flexibility index (Phi) is 4.88. The fourth-order valence-corrected chi connectivity index (χ4v) is 3.04. The van der Waals surface area contributed by atoms with Gasteiger partial charge in [-0.05, 0) is 43.0 Å². The molecule has 1 N–H and O–H groups in total. The van der Waals surface area contributed by atoms with Crippen LogP contribution in [0.15, 0.2) is 41.2 Å². The van der Waals surface area contributed by atoms with Crippen LogP contribution in [0.3, 0.4) is 0 Å². The Hall–Kier alpha value is -2.62. The molecule has 0 spiro atoms. The summed E-state index contributed by atoms with van der Waals surface area (Å²) in [6.07, 6.45) is 1.77. The monoisotopic (exact) mass is 339 g/mol. The lowest BCUT2D eigenvalue weighted by molar-refractivity contribution is 0.320. The van der Waals surface area contributed by atoms with Crippen molar-refractivity contribution in [3.8, 4) is 16.9 Å². The molecule has 1 heterocycles. The number of ether oxygens (including phenoxy) is 1. The molecule has 0 aliphatic carbocycles. The Bertz CT molecular complexity index is 958. The number of aryl methyl sites for hydroxylation is 2. The molecule has 3 rings (SSSR count). The van der Waals surface area contributed by atoms with Crippen molar-refractivity contribution in [1.82, 2.24) is 4.98 Å². The van der Waals surface area contributed by atoms with Crippen LogP contribution >= 0.6 is 0 Å². The van der Waals surface area contributed by atoms with Crippen molar-refractivity contribution < 1.29 is 9.13 Å². The van der Waals surface area contributed by atoms with E-state index in [0.717, 1.165) is 18.4 Å². The molecule has 3 aromatic rings. The van der Waals surface area contributed by atoms with E-state index in [-0.39, 0.29) is 10.8 Å². The standard InChI is InChI=1S/C21H22FNO2/c1-4-12-25-17-11-10-16(22)19-20(17)23-13(3)18(21(19)24)15-8-6-14(5-2)7-9-15/h6-11H,4-5,12H2,1-3H3,(H,23,24). The van der Waals surface area contributed by atoms with Crippen LogP contribution in [-0.2, 0) is 6.42 Å². The van der Waals surface area contributed by atoms with Crippen LogP contribution in [0.1, 0.15) is 31.5 Å². The SMILES string of the molecule is CCCOc1ccc(F)c2c(=O)c(-c3ccc(CC)cc3)c(C)[nH]c12. The van der Waals surface area contributed by atoms with Crippen molar-refractivity contribution in [2.45, 2.75) is 33.6 Å². The normalized spacial score (nSPS) is 11.0. The highest BCUT2D eigenvalue weighted by atomic mass is 19.1. The Morgan fingerprint density at radius 2 is 1.80 bits per heavy atom. The third kappa shape index (κ3) is 3.16. The average molecular weight is 339 g/mol. The molecule has 3 nitrogen and oxygen atoms in total. The van der Waals surface area contributed by atoms with Gasteiger partial charge in [0.25, 0.3) is 0 Å². The largest absolute Gasteiger partial charge is 0.491 e. The van der Waals surface area contributed by atoms with E-state index in [4.69, 9.17) is 4.74 Å². The van der Waals surface area contributed by atoms with E-state index in [9.17, 15) is 9.18 Å². The zero-order chi connectivity index (χ0) is 18.0. The Morgan fingerprint density at radius 3 is 2.44 bits per heavy atom. The fourth-order valence-electron chi connectivity index (χ4n) is 3.04. The van der Waals surface area contributed by atoms with Crippen molar-refractivity contribution in [2.75, 3.05) is 6.61 Å². The molecule has 1 aromatic heterocycles. The van der Waals surface area contributed by atoms with Crippen LogP contribution in [0, 0.1) is 12.7 Å². The van der Waals surface area contributed by atoms with E-state index in [1.165, 1.54) is 11.6 Å². The zero-order valence-corrected chi connectivity index (χ0v) is 14.8. The summed E-state index contributed by atoms with van der Waals surface area (Å²) >= 11 is 0. The number of fused-ring (bicyclic) bond motifs is 1. The molecule has 2 aromatic carbocycles. The second kappa shape index (κ2) is 7.09. The highest BCUT2D eigenvalue weighted by Gasteiger charge is 2.17. The van der Waals surface area contributed by atoms with Crippen LogP contribution in [0.5, 0.6) is 5.75 Å².